The first-order valence-electron chi connectivity index (χ1n) is 8.55. The molecule has 0 saturated carbocycles. The van der Waals surface area contributed by atoms with Crippen molar-refractivity contribution in [3.63, 3.8) is 0 Å². The van der Waals surface area contributed by atoms with Crippen molar-refractivity contribution >= 4 is 34.7 Å². The van der Waals surface area contributed by atoms with Gasteiger partial charge in [-0.25, -0.2) is 9.78 Å². The van der Waals surface area contributed by atoms with Gasteiger partial charge in [0.25, 0.3) is 5.91 Å². The molecule has 0 spiro atoms. The van der Waals surface area contributed by atoms with E-state index in [1.807, 2.05) is 50.2 Å². The fourth-order valence-electron chi connectivity index (χ4n) is 2.56. The molecule has 1 heterocycles. The number of nitrogens with zero attached hydrogens (tertiary/aromatic N) is 1. The lowest BCUT2D eigenvalue weighted by atomic mass is 10.1. The largest absolute Gasteiger partial charge is 0.449 e. The van der Waals surface area contributed by atoms with E-state index >= 15 is 0 Å². The number of aromatic nitrogens is 1. The highest BCUT2D eigenvalue weighted by molar-refractivity contribution is 5.97. The van der Waals surface area contributed by atoms with Crippen molar-refractivity contribution in [2.24, 2.45) is 0 Å². The number of aryl methyl sites for hydroxylation is 2. The summed E-state index contributed by atoms with van der Waals surface area (Å²) < 4.78 is 10.6. The Morgan fingerprint density at radius 1 is 1.19 bits per heavy atom. The SMILES string of the molecule is Cc1ccc(NC(=O)[C@H](C)OC(=O)/C=C/c2nc3ccccc3o2)c(C)c1. The Hall–Kier alpha value is -3.41. The van der Waals surface area contributed by atoms with Gasteiger partial charge in [-0.05, 0) is 44.5 Å². The minimum Gasteiger partial charge on any atom is -0.449 e. The first-order chi connectivity index (χ1) is 12.9. The van der Waals surface area contributed by atoms with Crippen LogP contribution in [-0.4, -0.2) is 23.0 Å². The number of carbonyl (C=O) groups excluding carboxylic acids is 2. The number of oxazole rings is 1. The topological polar surface area (TPSA) is 81.4 Å². The zero-order chi connectivity index (χ0) is 19.4. The standard InChI is InChI=1S/C21H20N2O4/c1-13-8-9-16(14(2)12-13)23-21(25)15(3)26-20(24)11-10-19-22-17-6-4-5-7-18(17)27-19/h4-12,15H,1-3H3,(H,23,25)/b11-10+/t15-/m0/s1. The van der Waals surface area contributed by atoms with E-state index in [2.05, 4.69) is 10.3 Å². The summed E-state index contributed by atoms with van der Waals surface area (Å²) in [6.45, 7) is 5.40. The lowest BCUT2D eigenvalue weighted by Gasteiger charge is -2.14. The molecule has 0 radical (unpaired) electrons. The van der Waals surface area contributed by atoms with Gasteiger partial charge < -0.3 is 14.5 Å². The number of ether oxygens (including phenoxy) is 1. The van der Waals surface area contributed by atoms with E-state index in [0.29, 0.717) is 22.7 Å². The van der Waals surface area contributed by atoms with Gasteiger partial charge >= 0.3 is 5.97 Å². The number of rotatable bonds is 5. The Morgan fingerprint density at radius 3 is 2.70 bits per heavy atom. The fraction of sp³-hybridized carbons (Fsp3) is 0.190. The second-order valence-corrected chi connectivity index (χ2v) is 6.24. The van der Waals surface area contributed by atoms with Gasteiger partial charge in [0.05, 0.1) is 0 Å². The number of hydrogen-bond donors (Lipinski definition) is 1. The van der Waals surface area contributed by atoms with Crippen molar-refractivity contribution < 1.29 is 18.7 Å². The van der Waals surface area contributed by atoms with E-state index in [1.54, 1.807) is 6.07 Å². The lowest BCUT2D eigenvalue weighted by molar-refractivity contribution is -0.148. The van der Waals surface area contributed by atoms with Crippen LogP contribution >= 0.6 is 0 Å². The van der Waals surface area contributed by atoms with E-state index < -0.39 is 18.0 Å². The second-order valence-electron chi connectivity index (χ2n) is 6.24. The van der Waals surface area contributed by atoms with Crippen molar-refractivity contribution in [2.45, 2.75) is 26.9 Å². The maximum Gasteiger partial charge on any atom is 0.331 e. The molecule has 0 aliphatic carbocycles. The van der Waals surface area contributed by atoms with Crippen LogP contribution in [-0.2, 0) is 14.3 Å². The predicted octanol–water partition coefficient (Wildman–Crippen LogP) is 4.03. The smallest absolute Gasteiger partial charge is 0.331 e. The molecule has 0 saturated heterocycles. The van der Waals surface area contributed by atoms with Gasteiger partial charge in [0.15, 0.2) is 11.7 Å². The van der Waals surface area contributed by atoms with Crippen LogP contribution in [0.3, 0.4) is 0 Å². The summed E-state index contributed by atoms with van der Waals surface area (Å²) in [6, 6.07) is 13.0. The van der Waals surface area contributed by atoms with Gasteiger partial charge in [-0.15, -0.1) is 0 Å². The monoisotopic (exact) mass is 364 g/mol. The number of hydrogen-bond acceptors (Lipinski definition) is 5. The van der Waals surface area contributed by atoms with Crippen LogP contribution in [0, 0.1) is 13.8 Å². The molecule has 1 atom stereocenters. The number of anilines is 1. The van der Waals surface area contributed by atoms with Gasteiger partial charge in [0.2, 0.25) is 5.89 Å². The Labute approximate surface area is 156 Å². The molecule has 3 rings (SSSR count). The third-order valence-corrected chi connectivity index (χ3v) is 3.97. The van der Waals surface area contributed by atoms with Crippen LogP contribution in [0.1, 0.15) is 23.9 Å². The van der Waals surface area contributed by atoms with E-state index in [4.69, 9.17) is 9.15 Å². The molecule has 6 nitrogen and oxygen atoms in total. The molecule has 6 heteroatoms. The zero-order valence-electron chi connectivity index (χ0n) is 15.4. The lowest BCUT2D eigenvalue weighted by Crippen LogP contribution is -2.29. The van der Waals surface area contributed by atoms with E-state index in [9.17, 15) is 9.59 Å². The summed E-state index contributed by atoms with van der Waals surface area (Å²) >= 11 is 0. The van der Waals surface area contributed by atoms with Gasteiger partial charge in [-0.1, -0.05) is 29.8 Å². The van der Waals surface area contributed by atoms with Gasteiger partial charge in [0, 0.05) is 17.8 Å². The molecule has 3 aromatic rings. The molecule has 1 N–H and O–H groups in total. The average Bonchev–Trinajstić information content (AvgIpc) is 3.05. The molecular formula is C21H20N2O4. The van der Waals surface area contributed by atoms with Gasteiger partial charge in [-0.3, -0.25) is 4.79 Å². The van der Waals surface area contributed by atoms with Crippen molar-refractivity contribution in [2.75, 3.05) is 5.32 Å². The van der Waals surface area contributed by atoms with Crippen LogP contribution in [0.25, 0.3) is 17.2 Å². The summed E-state index contributed by atoms with van der Waals surface area (Å²) in [5.41, 5.74) is 4.07. The number of esters is 1. The molecule has 0 unspecified atom stereocenters. The van der Waals surface area contributed by atoms with Crippen molar-refractivity contribution in [3.05, 3.63) is 65.6 Å². The molecule has 0 aliphatic rings. The number of amides is 1. The minimum absolute atomic E-state index is 0.292. The van der Waals surface area contributed by atoms with Gasteiger partial charge in [0.1, 0.15) is 5.52 Å². The molecule has 1 aromatic heterocycles. The Morgan fingerprint density at radius 2 is 1.96 bits per heavy atom. The Balaban J connectivity index is 1.58. The molecule has 0 fully saturated rings. The number of fused-ring (bicyclic) bond motifs is 1. The van der Waals surface area contributed by atoms with E-state index in [0.717, 1.165) is 11.1 Å². The summed E-state index contributed by atoms with van der Waals surface area (Å²) in [5.74, 6) is -0.758. The summed E-state index contributed by atoms with van der Waals surface area (Å²) in [7, 11) is 0. The minimum atomic E-state index is -0.938. The number of nitrogens with one attached hydrogen (secondary N) is 1. The summed E-state index contributed by atoms with van der Waals surface area (Å²) in [5, 5.41) is 2.76. The Kier molecular flexibility index (Phi) is 5.35. The van der Waals surface area contributed by atoms with E-state index in [1.165, 1.54) is 19.1 Å². The number of benzene rings is 2. The first-order valence-corrected chi connectivity index (χ1v) is 8.55. The third kappa shape index (κ3) is 4.61. The van der Waals surface area contributed by atoms with Crippen LogP contribution in [0.4, 0.5) is 5.69 Å². The molecule has 138 valence electrons. The van der Waals surface area contributed by atoms with Crippen molar-refractivity contribution in [3.8, 4) is 0 Å². The average molecular weight is 364 g/mol. The highest BCUT2D eigenvalue weighted by Gasteiger charge is 2.17. The Bertz CT molecular complexity index is 987. The van der Waals surface area contributed by atoms with Crippen LogP contribution in [0.2, 0.25) is 0 Å². The van der Waals surface area contributed by atoms with Crippen LogP contribution in [0.5, 0.6) is 0 Å². The summed E-state index contributed by atoms with van der Waals surface area (Å²) in [4.78, 5) is 28.4. The van der Waals surface area contributed by atoms with Gasteiger partial charge in [-0.2, -0.15) is 0 Å². The maximum absolute atomic E-state index is 12.2. The molecule has 0 bridgehead atoms. The maximum atomic E-state index is 12.2. The zero-order valence-corrected chi connectivity index (χ0v) is 15.4. The quantitative estimate of drug-likeness (QED) is 0.546. The highest BCUT2D eigenvalue weighted by Crippen LogP contribution is 2.17. The number of carbonyl (C=O) groups is 2. The molecule has 0 aliphatic heterocycles. The molecule has 1 amide bonds. The number of para-hydroxylation sites is 2. The molecule has 2 aromatic carbocycles. The van der Waals surface area contributed by atoms with E-state index in [-0.39, 0.29) is 0 Å². The second kappa shape index (κ2) is 7.86. The van der Waals surface area contributed by atoms with Crippen LogP contribution in [0.15, 0.2) is 53.0 Å². The van der Waals surface area contributed by atoms with Crippen LogP contribution < -0.4 is 5.32 Å². The third-order valence-electron chi connectivity index (χ3n) is 3.97. The predicted molar refractivity (Wildman–Crippen MR) is 103 cm³/mol. The summed E-state index contributed by atoms with van der Waals surface area (Å²) in [6.07, 6.45) is 1.66. The first kappa shape index (κ1) is 18.4. The van der Waals surface area contributed by atoms with Crippen molar-refractivity contribution in [1.82, 2.24) is 4.98 Å². The normalized spacial score (nSPS) is 12.3. The highest BCUT2D eigenvalue weighted by atomic mass is 16.5. The molecule has 27 heavy (non-hydrogen) atoms. The fourth-order valence-corrected chi connectivity index (χ4v) is 2.56. The van der Waals surface area contributed by atoms with Crippen molar-refractivity contribution in [1.29, 1.82) is 0 Å². The molecular weight excluding hydrogens is 344 g/mol.